The van der Waals surface area contributed by atoms with E-state index in [9.17, 15) is 4.79 Å². The fourth-order valence-electron chi connectivity index (χ4n) is 2.80. The van der Waals surface area contributed by atoms with Crippen molar-refractivity contribution in [2.75, 3.05) is 17.7 Å². The molecule has 1 aliphatic heterocycles. The van der Waals surface area contributed by atoms with Crippen LogP contribution in [-0.4, -0.2) is 24.4 Å². The van der Waals surface area contributed by atoms with Crippen molar-refractivity contribution in [2.24, 2.45) is 0 Å². The Balaban J connectivity index is 1.73. The Morgan fingerprint density at radius 2 is 2.08 bits per heavy atom. The van der Waals surface area contributed by atoms with E-state index in [0.717, 1.165) is 52.5 Å². The highest BCUT2D eigenvalue weighted by atomic mass is 32.2. The van der Waals surface area contributed by atoms with E-state index < -0.39 is 0 Å². The smallest absolute Gasteiger partial charge is 0.256 e. The Morgan fingerprint density at radius 1 is 1.25 bits per heavy atom. The second-order valence-corrected chi connectivity index (χ2v) is 7.28. The number of hydrogen-bond donors (Lipinski definition) is 1. The minimum absolute atomic E-state index is 0.0564. The lowest BCUT2D eigenvalue weighted by Crippen LogP contribution is -2.14. The van der Waals surface area contributed by atoms with Gasteiger partial charge in [-0.25, -0.2) is 0 Å². The molecule has 0 aromatic heterocycles. The maximum atomic E-state index is 12.7. The number of rotatable bonds is 5. The van der Waals surface area contributed by atoms with E-state index >= 15 is 0 Å². The highest BCUT2D eigenvalue weighted by Gasteiger charge is 2.18. The number of carbonyl (C=O) groups is 1. The fraction of sp³-hybridized carbons (Fsp3) is 0.350. The van der Waals surface area contributed by atoms with Gasteiger partial charge < -0.3 is 10.1 Å². The minimum Gasteiger partial charge on any atom is -0.377 e. The van der Waals surface area contributed by atoms with Crippen LogP contribution in [0.15, 0.2) is 47.4 Å². The molecule has 1 aliphatic rings. The predicted molar refractivity (Wildman–Crippen MR) is 100 cm³/mol. The number of carbonyl (C=O) groups excluding carboxylic acids is 1. The maximum absolute atomic E-state index is 12.7. The van der Waals surface area contributed by atoms with Crippen molar-refractivity contribution in [3.63, 3.8) is 0 Å². The highest BCUT2D eigenvalue weighted by molar-refractivity contribution is 7.99. The zero-order chi connectivity index (χ0) is 16.9. The van der Waals surface area contributed by atoms with Crippen molar-refractivity contribution in [1.29, 1.82) is 0 Å². The standard InChI is InChI=1S/C20H23NO2S/c1-14-9-10-15(2)18(12-14)21-20(22)17-7-3-4-8-19(17)24-13-16-6-5-11-23-16/h3-4,7-10,12,16H,5-6,11,13H2,1-2H3,(H,21,22)/t16-/m1/s1. The van der Waals surface area contributed by atoms with Gasteiger partial charge in [0.25, 0.3) is 5.91 Å². The van der Waals surface area contributed by atoms with E-state index in [2.05, 4.69) is 11.4 Å². The van der Waals surface area contributed by atoms with Crippen LogP contribution in [0.25, 0.3) is 0 Å². The van der Waals surface area contributed by atoms with Gasteiger partial charge >= 0.3 is 0 Å². The molecule has 1 atom stereocenters. The van der Waals surface area contributed by atoms with Crippen LogP contribution in [0, 0.1) is 13.8 Å². The summed E-state index contributed by atoms with van der Waals surface area (Å²) in [6.07, 6.45) is 2.56. The summed E-state index contributed by atoms with van der Waals surface area (Å²) >= 11 is 1.70. The van der Waals surface area contributed by atoms with Gasteiger partial charge in [-0.15, -0.1) is 11.8 Å². The quantitative estimate of drug-likeness (QED) is 0.792. The average Bonchev–Trinajstić information content (AvgIpc) is 3.10. The van der Waals surface area contributed by atoms with Crippen molar-refractivity contribution < 1.29 is 9.53 Å². The van der Waals surface area contributed by atoms with Crippen LogP contribution in [0.5, 0.6) is 0 Å². The van der Waals surface area contributed by atoms with Crippen molar-refractivity contribution in [2.45, 2.75) is 37.7 Å². The topological polar surface area (TPSA) is 38.3 Å². The van der Waals surface area contributed by atoms with E-state index in [1.165, 1.54) is 0 Å². The van der Waals surface area contributed by atoms with Gasteiger partial charge in [0.15, 0.2) is 0 Å². The molecule has 1 saturated heterocycles. The SMILES string of the molecule is Cc1ccc(C)c(NC(=O)c2ccccc2SC[C@H]2CCCO2)c1. The van der Waals surface area contributed by atoms with E-state index in [-0.39, 0.29) is 5.91 Å². The summed E-state index contributed by atoms with van der Waals surface area (Å²) in [7, 11) is 0. The Hall–Kier alpha value is -1.78. The first-order chi connectivity index (χ1) is 11.6. The monoisotopic (exact) mass is 341 g/mol. The Morgan fingerprint density at radius 3 is 2.88 bits per heavy atom. The first-order valence-electron chi connectivity index (χ1n) is 8.35. The number of aryl methyl sites for hydroxylation is 2. The molecule has 1 amide bonds. The van der Waals surface area contributed by atoms with Crippen LogP contribution < -0.4 is 5.32 Å². The molecule has 3 rings (SSSR count). The average molecular weight is 341 g/mol. The Kier molecular flexibility index (Phi) is 5.59. The molecule has 0 unspecified atom stereocenters. The molecule has 24 heavy (non-hydrogen) atoms. The van der Waals surface area contributed by atoms with Crippen LogP contribution in [-0.2, 0) is 4.74 Å². The van der Waals surface area contributed by atoms with E-state index in [4.69, 9.17) is 4.74 Å². The number of hydrogen-bond acceptors (Lipinski definition) is 3. The molecule has 1 N–H and O–H groups in total. The number of benzene rings is 2. The van der Waals surface area contributed by atoms with Crippen molar-refractivity contribution >= 4 is 23.4 Å². The van der Waals surface area contributed by atoms with Gasteiger partial charge in [-0.2, -0.15) is 0 Å². The largest absolute Gasteiger partial charge is 0.377 e. The number of amides is 1. The molecule has 0 saturated carbocycles. The molecule has 1 fully saturated rings. The first kappa shape index (κ1) is 17.1. The molecule has 0 aliphatic carbocycles. The van der Waals surface area contributed by atoms with Gasteiger partial charge in [-0.1, -0.05) is 24.3 Å². The molecular weight excluding hydrogens is 318 g/mol. The van der Waals surface area contributed by atoms with E-state index in [1.807, 2.05) is 50.2 Å². The zero-order valence-electron chi connectivity index (χ0n) is 14.2. The number of nitrogens with one attached hydrogen (secondary N) is 1. The van der Waals surface area contributed by atoms with Crippen LogP contribution >= 0.6 is 11.8 Å². The summed E-state index contributed by atoms with van der Waals surface area (Å²) < 4.78 is 5.68. The summed E-state index contributed by atoms with van der Waals surface area (Å²) in [5.74, 6) is 0.840. The van der Waals surface area contributed by atoms with Gasteiger partial charge in [-0.3, -0.25) is 4.79 Å². The van der Waals surface area contributed by atoms with Crippen molar-refractivity contribution in [3.8, 4) is 0 Å². The molecule has 0 radical (unpaired) electrons. The minimum atomic E-state index is -0.0564. The molecule has 1 heterocycles. The summed E-state index contributed by atoms with van der Waals surface area (Å²) in [6.45, 7) is 4.90. The van der Waals surface area contributed by atoms with E-state index in [1.54, 1.807) is 11.8 Å². The predicted octanol–water partition coefficient (Wildman–Crippen LogP) is 4.83. The molecule has 2 aromatic rings. The fourth-order valence-corrected chi connectivity index (χ4v) is 3.92. The number of thioether (sulfide) groups is 1. The third-order valence-corrected chi connectivity index (χ3v) is 5.43. The lowest BCUT2D eigenvalue weighted by molar-refractivity contribution is 0.102. The van der Waals surface area contributed by atoms with Gasteiger partial charge in [-0.05, 0) is 56.0 Å². The molecule has 126 valence electrons. The zero-order valence-corrected chi connectivity index (χ0v) is 15.0. The summed E-state index contributed by atoms with van der Waals surface area (Å²) in [6, 6.07) is 13.9. The molecule has 4 heteroatoms. The van der Waals surface area contributed by atoms with Crippen LogP contribution in [0.4, 0.5) is 5.69 Å². The Bertz CT molecular complexity index is 723. The normalized spacial score (nSPS) is 17.0. The third-order valence-electron chi connectivity index (χ3n) is 4.22. The molecule has 0 spiro atoms. The number of anilines is 1. The maximum Gasteiger partial charge on any atom is 0.256 e. The summed E-state index contributed by atoms with van der Waals surface area (Å²) in [5, 5.41) is 3.05. The van der Waals surface area contributed by atoms with Gasteiger partial charge in [0.1, 0.15) is 0 Å². The Labute approximate surface area is 147 Å². The van der Waals surface area contributed by atoms with Gasteiger partial charge in [0.05, 0.1) is 11.7 Å². The first-order valence-corrected chi connectivity index (χ1v) is 9.34. The lowest BCUT2D eigenvalue weighted by Gasteiger charge is -2.13. The van der Waals surface area contributed by atoms with E-state index in [0.29, 0.717) is 6.10 Å². The third kappa shape index (κ3) is 4.19. The summed E-state index contributed by atoms with van der Waals surface area (Å²) in [5.41, 5.74) is 3.80. The summed E-state index contributed by atoms with van der Waals surface area (Å²) in [4.78, 5) is 13.7. The number of ether oxygens (including phenoxy) is 1. The highest BCUT2D eigenvalue weighted by Crippen LogP contribution is 2.27. The molecule has 3 nitrogen and oxygen atoms in total. The lowest BCUT2D eigenvalue weighted by atomic mass is 10.1. The second kappa shape index (κ2) is 7.86. The molecule has 0 bridgehead atoms. The van der Waals surface area contributed by atoms with Crippen molar-refractivity contribution in [3.05, 3.63) is 59.2 Å². The second-order valence-electron chi connectivity index (χ2n) is 6.21. The van der Waals surface area contributed by atoms with Crippen LogP contribution in [0.3, 0.4) is 0 Å². The molecule has 2 aromatic carbocycles. The van der Waals surface area contributed by atoms with Crippen LogP contribution in [0.2, 0.25) is 0 Å². The van der Waals surface area contributed by atoms with Crippen molar-refractivity contribution in [1.82, 2.24) is 0 Å². The van der Waals surface area contributed by atoms with Crippen LogP contribution in [0.1, 0.15) is 34.3 Å². The van der Waals surface area contributed by atoms with Gasteiger partial charge in [0, 0.05) is 22.9 Å². The molecular formula is C20H23NO2S. The van der Waals surface area contributed by atoms with Gasteiger partial charge in [0.2, 0.25) is 0 Å².